The molecule has 4 aromatic rings. The van der Waals surface area contributed by atoms with Crippen LogP contribution in [0.2, 0.25) is 0 Å². The van der Waals surface area contributed by atoms with Gasteiger partial charge >= 0.3 is 0 Å². The molecule has 6 heteroatoms. The minimum atomic E-state index is 0.0922. The van der Waals surface area contributed by atoms with Crippen molar-refractivity contribution in [3.63, 3.8) is 0 Å². The molecule has 2 aliphatic heterocycles. The minimum absolute atomic E-state index is 0.0922. The van der Waals surface area contributed by atoms with Crippen molar-refractivity contribution in [3.8, 4) is 0 Å². The second kappa shape index (κ2) is 9.10. The molecule has 2 unspecified atom stereocenters. The highest BCUT2D eigenvalue weighted by molar-refractivity contribution is 5.92. The summed E-state index contributed by atoms with van der Waals surface area (Å²) in [6.07, 6.45) is 2.02. The van der Waals surface area contributed by atoms with Gasteiger partial charge in [-0.25, -0.2) is 4.98 Å². The van der Waals surface area contributed by atoms with Gasteiger partial charge in [0.05, 0.1) is 29.8 Å². The van der Waals surface area contributed by atoms with Gasteiger partial charge in [-0.3, -0.25) is 4.98 Å². The molecule has 0 bridgehead atoms. The number of pyridine rings is 2. The normalized spacial score (nSPS) is 21.7. The van der Waals surface area contributed by atoms with Crippen LogP contribution in [0.15, 0.2) is 60.8 Å². The molecule has 2 aromatic heterocycles. The number of piperazine rings is 1. The molecule has 0 radical (unpaired) electrons. The molecule has 0 spiro atoms. The van der Waals surface area contributed by atoms with E-state index in [9.17, 15) is 0 Å². The lowest BCUT2D eigenvalue weighted by atomic mass is 10.0. The quantitative estimate of drug-likeness (QED) is 0.444. The van der Waals surface area contributed by atoms with Crippen molar-refractivity contribution in [3.05, 3.63) is 71.9 Å². The van der Waals surface area contributed by atoms with Gasteiger partial charge in [0.2, 0.25) is 0 Å². The predicted molar refractivity (Wildman–Crippen MR) is 144 cm³/mol. The third-order valence-electron chi connectivity index (χ3n) is 7.49. The maximum absolute atomic E-state index is 6.46. The summed E-state index contributed by atoms with van der Waals surface area (Å²) < 4.78 is 6.46. The number of fused-ring (bicyclic) bond motifs is 2. The summed E-state index contributed by atoms with van der Waals surface area (Å²) in [5, 5.41) is 2.40. The Morgan fingerprint density at radius 3 is 2.60 bits per heavy atom. The van der Waals surface area contributed by atoms with E-state index in [1.807, 2.05) is 6.20 Å². The van der Waals surface area contributed by atoms with Crippen LogP contribution in [0.25, 0.3) is 21.8 Å². The number of nitrogens with zero attached hydrogens (tertiary/aromatic N) is 5. The van der Waals surface area contributed by atoms with Crippen molar-refractivity contribution >= 4 is 33.3 Å². The van der Waals surface area contributed by atoms with Crippen LogP contribution in [0.5, 0.6) is 0 Å². The second-order valence-electron chi connectivity index (χ2n) is 10.1. The SMILES string of the molecule is Cc1ccc2ccc(N3CCN(C)CC3C3CN(c4ccnc5ccc(C)cc45)CCO3)nc2c1. The Balaban J connectivity index is 1.32. The Hall–Kier alpha value is -3.22. The van der Waals surface area contributed by atoms with E-state index in [1.54, 1.807) is 0 Å². The Kier molecular flexibility index (Phi) is 5.78. The van der Waals surface area contributed by atoms with Crippen molar-refractivity contribution in [1.82, 2.24) is 14.9 Å². The number of hydrogen-bond acceptors (Lipinski definition) is 6. The van der Waals surface area contributed by atoms with Gasteiger partial charge in [-0.2, -0.15) is 0 Å². The van der Waals surface area contributed by atoms with Crippen LogP contribution in [0.3, 0.4) is 0 Å². The first kappa shape index (κ1) is 22.3. The Morgan fingerprint density at radius 2 is 1.69 bits per heavy atom. The van der Waals surface area contributed by atoms with Gasteiger partial charge in [0.15, 0.2) is 0 Å². The topological polar surface area (TPSA) is 44.7 Å². The number of aromatic nitrogens is 2. The molecule has 4 heterocycles. The lowest BCUT2D eigenvalue weighted by Crippen LogP contribution is -2.61. The number of morpholine rings is 1. The molecule has 2 aliphatic rings. The lowest BCUT2D eigenvalue weighted by molar-refractivity contribution is 0.00972. The molecule has 2 saturated heterocycles. The fourth-order valence-corrected chi connectivity index (χ4v) is 5.58. The summed E-state index contributed by atoms with van der Waals surface area (Å²) in [4.78, 5) is 17.1. The van der Waals surface area contributed by atoms with Crippen LogP contribution in [-0.4, -0.2) is 73.4 Å². The zero-order valence-corrected chi connectivity index (χ0v) is 20.8. The zero-order valence-electron chi connectivity index (χ0n) is 20.8. The Morgan fingerprint density at radius 1 is 0.857 bits per heavy atom. The van der Waals surface area contributed by atoms with Gasteiger partial charge in [0, 0.05) is 55.4 Å². The van der Waals surface area contributed by atoms with E-state index in [-0.39, 0.29) is 12.1 Å². The van der Waals surface area contributed by atoms with Gasteiger partial charge in [0.1, 0.15) is 5.82 Å². The van der Waals surface area contributed by atoms with E-state index in [4.69, 9.17) is 9.72 Å². The van der Waals surface area contributed by atoms with E-state index in [0.717, 1.165) is 56.2 Å². The predicted octanol–water partition coefficient (Wildman–Crippen LogP) is 4.43. The first-order valence-electron chi connectivity index (χ1n) is 12.6. The number of ether oxygens (including phenoxy) is 1. The molecule has 0 aliphatic carbocycles. The molecule has 6 nitrogen and oxygen atoms in total. The molecule has 180 valence electrons. The fourth-order valence-electron chi connectivity index (χ4n) is 5.58. The maximum atomic E-state index is 6.46. The largest absolute Gasteiger partial charge is 0.372 e. The van der Waals surface area contributed by atoms with Gasteiger partial charge in [-0.1, -0.05) is 23.8 Å². The van der Waals surface area contributed by atoms with Crippen molar-refractivity contribution in [2.24, 2.45) is 0 Å². The summed E-state index contributed by atoms with van der Waals surface area (Å²) in [6, 6.07) is 19.8. The monoisotopic (exact) mass is 467 g/mol. The van der Waals surface area contributed by atoms with Crippen LogP contribution in [0.4, 0.5) is 11.5 Å². The van der Waals surface area contributed by atoms with Crippen LogP contribution in [0, 0.1) is 13.8 Å². The molecule has 2 atom stereocenters. The van der Waals surface area contributed by atoms with E-state index < -0.39 is 0 Å². The molecule has 2 fully saturated rings. The summed E-state index contributed by atoms with van der Waals surface area (Å²) in [7, 11) is 2.21. The number of rotatable bonds is 3. The number of anilines is 2. The third kappa shape index (κ3) is 4.32. The first-order valence-corrected chi connectivity index (χ1v) is 12.6. The van der Waals surface area contributed by atoms with Crippen LogP contribution >= 0.6 is 0 Å². The van der Waals surface area contributed by atoms with E-state index in [0.29, 0.717) is 0 Å². The van der Waals surface area contributed by atoms with Gasteiger partial charge in [-0.05, 0) is 62.9 Å². The summed E-state index contributed by atoms with van der Waals surface area (Å²) in [6.45, 7) is 9.67. The highest BCUT2D eigenvalue weighted by Crippen LogP contribution is 2.30. The number of hydrogen-bond donors (Lipinski definition) is 0. The zero-order chi connectivity index (χ0) is 23.9. The van der Waals surface area contributed by atoms with Crippen LogP contribution < -0.4 is 9.80 Å². The third-order valence-corrected chi connectivity index (χ3v) is 7.49. The standard InChI is InChI=1S/C29H33N5O/c1-20-5-8-24-23(16-20)26(10-11-30-24)33-14-15-35-28(19-33)27-18-32(3)12-13-34(27)29-9-7-22-6-4-21(2)17-25(22)31-29/h4-11,16-17,27-28H,12-15,18-19H2,1-3H3. The van der Waals surface area contributed by atoms with Crippen LogP contribution in [-0.2, 0) is 4.74 Å². The molecule has 35 heavy (non-hydrogen) atoms. The highest BCUT2D eigenvalue weighted by Gasteiger charge is 2.36. The van der Waals surface area contributed by atoms with Crippen molar-refractivity contribution in [1.29, 1.82) is 0 Å². The van der Waals surface area contributed by atoms with Gasteiger partial charge in [0.25, 0.3) is 0 Å². The minimum Gasteiger partial charge on any atom is -0.372 e. The summed E-state index contributed by atoms with van der Waals surface area (Å²) >= 11 is 0. The van der Waals surface area contributed by atoms with E-state index in [1.165, 1.54) is 27.6 Å². The highest BCUT2D eigenvalue weighted by atomic mass is 16.5. The average molecular weight is 468 g/mol. The molecular formula is C29H33N5O. The van der Waals surface area contributed by atoms with Crippen LogP contribution in [0.1, 0.15) is 11.1 Å². The molecular weight excluding hydrogens is 434 g/mol. The molecule has 2 aromatic carbocycles. The second-order valence-corrected chi connectivity index (χ2v) is 10.1. The Bertz CT molecular complexity index is 1370. The van der Waals surface area contributed by atoms with Crippen molar-refractivity contribution in [2.45, 2.75) is 26.0 Å². The first-order chi connectivity index (χ1) is 17.0. The smallest absolute Gasteiger partial charge is 0.129 e. The molecule has 0 N–H and O–H groups in total. The maximum Gasteiger partial charge on any atom is 0.129 e. The number of aryl methyl sites for hydroxylation is 2. The number of likely N-dealkylation sites (N-methyl/N-ethyl adjacent to an activating group) is 1. The molecule has 6 rings (SSSR count). The number of benzene rings is 2. The van der Waals surface area contributed by atoms with Gasteiger partial charge in [-0.15, -0.1) is 0 Å². The van der Waals surface area contributed by atoms with Crippen molar-refractivity contribution < 1.29 is 4.74 Å². The molecule has 0 saturated carbocycles. The average Bonchev–Trinajstić information content (AvgIpc) is 2.88. The molecule has 0 amide bonds. The van der Waals surface area contributed by atoms with Gasteiger partial charge < -0.3 is 19.4 Å². The van der Waals surface area contributed by atoms with Crippen molar-refractivity contribution in [2.75, 3.05) is 56.2 Å². The van der Waals surface area contributed by atoms with E-state index >= 15 is 0 Å². The lowest BCUT2D eigenvalue weighted by Gasteiger charge is -2.47. The summed E-state index contributed by atoms with van der Waals surface area (Å²) in [5.41, 5.74) is 5.86. The summed E-state index contributed by atoms with van der Waals surface area (Å²) in [5.74, 6) is 1.05. The van der Waals surface area contributed by atoms with E-state index in [2.05, 4.69) is 95.2 Å². The Labute approximate surface area is 207 Å². The fraction of sp³-hybridized carbons (Fsp3) is 0.379.